The van der Waals surface area contributed by atoms with Gasteiger partial charge in [0.25, 0.3) is 0 Å². The molecule has 0 bridgehead atoms. The maximum atomic E-state index is 14.2. The number of carbonyl (C=O) groups excluding carboxylic acids is 2. The molecule has 1 aliphatic heterocycles. The molecule has 1 aliphatic carbocycles. The topological polar surface area (TPSA) is 37.4 Å². The maximum absolute atomic E-state index is 14.2. The van der Waals surface area contributed by atoms with Crippen molar-refractivity contribution >= 4 is 28.5 Å². The Balaban J connectivity index is 1.80. The number of anilines is 1. The first-order valence-electron chi connectivity index (χ1n) is 11.1. The van der Waals surface area contributed by atoms with E-state index < -0.39 is 10.8 Å². The van der Waals surface area contributed by atoms with E-state index in [4.69, 9.17) is 0 Å². The van der Waals surface area contributed by atoms with Crippen LogP contribution in [0.1, 0.15) is 43.9 Å². The monoisotopic (exact) mass is 421 g/mol. The van der Waals surface area contributed by atoms with Crippen LogP contribution in [0.5, 0.6) is 0 Å². The highest BCUT2D eigenvalue weighted by Gasteiger charge is 2.55. The molecule has 0 saturated carbocycles. The summed E-state index contributed by atoms with van der Waals surface area (Å²) in [7, 11) is 0. The minimum atomic E-state index is -0.786. The molecular weight excluding hydrogens is 394 g/mol. The molecule has 0 spiro atoms. The summed E-state index contributed by atoms with van der Waals surface area (Å²) in [5.74, 6) is 0.166. The van der Waals surface area contributed by atoms with Gasteiger partial charge in [-0.2, -0.15) is 0 Å². The summed E-state index contributed by atoms with van der Waals surface area (Å²) < 4.78 is 0. The number of hydrogen-bond donors (Lipinski definition) is 0. The minimum Gasteiger partial charge on any atom is -0.307 e. The molecule has 3 aromatic carbocycles. The van der Waals surface area contributed by atoms with Gasteiger partial charge in [-0.25, -0.2) is 0 Å². The van der Waals surface area contributed by atoms with Gasteiger partial charge in [-0.15, -0.1) is 0 Å². The Morgan fingerprint density at radius 2 is 1.38 bits per heavy atom. The average molecular weight is 422 g/mol. The van der Waals surface area contributed by atoms with Crippen molar-refractivity contribution in [1.82, 2.24) is 0 Å². The van der Waals surface area contributed by atoms with Gasteiger partial charge in [-0.1, -0.05) is 92.7 Å². The molecule has 0 aromatic heterocycles. The molecule has 5 rings (SSSR count). The lowest BCUT2D eigenvalue weighted by atomic mass is 9.57. The number of fused-ring (bicyclic) bond motifs is 3. The molecule has 2 aliphatic rings. The van der Waals surface area contributed by atoms with E-state index in [1.54, 1.807) is 0 Å². The molecule has 0 saturated heterocycles. The van der Waals surface area contributed by atoms with Crippen molar-refractivity contribution in [2.75, 3.05) is 4.90 Å². The number of amides is 1. The summed E-state index contributed by atoms with van der Waals surface area (Å²) >= 11 is 0. The van der Waals surface area contributed by atoms with Crippen LogP contribution in [0.3, 0.4) is 0 Å². The van der Waals surface area contributed by atoms with E-state index in [1.807, 2.05) is 105 Å². The predicted octanol–water partition coefficient (Wildman–Crippen LogP) is 6.15. The molecule has 0 fully saturated rings. The van der Waals surface area contributed by atoms with E-state index in [0.29, 0.717) is 18.5 Å². The molecule has 0 radical (unpaired) electrons. The molecule has 1 amide bonds. The number of allylic oxidation sites excluding steroid dienone is 1. The lowest BCUT2D eigenvalue weighted by Crippen LogP contribution is -2.52. The van der Waals surface area contributed by atoms with Crippen LogP contribution < -0.4 is 4.90 Å². The summed E-state index contributed by atoms with van der Waals surface area (Å²) in [5.41, 5.74) is 3.95. The summed E-state index contributed by atoms with van der Waals surface area (Å²) in [4.78, 5) is 29.9. The zero-order chi connectivity index (χ0) is 22.5. The fourth-order valence-electron chi connectivity index (χ4n) is 5.53. The van der Waals surface area contributed by atoms with Crippen molar-refractivity contribution < 1.29 is 9.59 Å². The Bertz CT molecular complexity index is 1240. The van der Waals surface area contributed by atoms with Gasteiger partial charge in [0, 0.05) is 16.6 Å². The van der Waals surface area contributed by atoms with Crippen LogP contribution in [0.2, 0.25) is 0 Å². The normalized spacial score (nSPS) is 21.9. The van der Waals surface area contributed by atoms with E-state index in [1.165, 1.54) is 0 Å². The summed E-state index contributed by atoms with van der Waals surface area (Å²) in [6.45, 7) is 6.47. The van der Waals surface area contributed by atoms with E-state index in [0.717, 1.165) is 28.0 Å². The van der Waals surface area contributed by atoms with Gasteiger partial charge in [0.15, 0.2) is 5.78 Å². The van der Waals surface area contributed by atoms with Crippen LogP contribution >= 0.6 is 0 Å². The van der Waals surface area contributed by atoms with Crippen molar-refractivity contribution in [3.8, 4) is 0 Å². The largest absolute Gasteiger partial charge is 0.307 e. The second-order valence-corrected chi connectivity index (χ2v) is 9.73. The minimum absolute atomic E-state index is 0.0593. The Kier molecular flexibility index (Phi) is 4.67. The van der Waals surface area contributed by atoms with Crippen LogP contribution in [0.15, 0.2) is 84.9 Å². The van der Waals surface area contributed by atoms with Crippen molar-refractivity contribution in [2.45, 2.75) is 33.7 Å². The SMILES string of the molecule is CC1(C)CC2(C)C(=O)N(Cc3ccccc3)c3ccccc3C2=C(c2ccccc2)C1=O. The first-order valence-corrected chi connectivity index (χ1v) is 11.1. The van der Waals surface area contributed by atoms with Gasteiger partial charge in [0.05, 0.1) is 17.6 Å². The summed E-state index contributed by atoms with van der Waals surface area (Å²) in [5, 5.41) is 0. The first kappa shape index (κ1) is 20.4. The molecule has 3 aromatic rings. The number of ketones is 1. The van der Waals surface area contributed by atoms with Gasteiger partial charge in [-0.3, -0.25) is 9.59 Å². The molecule has 3 nitrogen and oxygen atoms in total. The second kappa shape index (κ2) is 7.30. The fourth-order valence-corrected chi connectivity index (χ4v) is 5.53. The average Bonchev–Trinajstić information content (AvgIpc) is 2.80. The molecule has 1 heterocycles. The number of para-hydroxylation sites is 1. The summed E-state index contributed by atoms with van der Waals surface area (Å²) in [6.07, 6.45) is 0.489. The first-order chi connectivity index (χ1) is 15.3. The smallest absolute Gasteiger partial charge is 0.237 e. The molecule has 160 valence electrons. The number of rotatable bonds is 3. The van der Waals surface area contributed by atoms with Crippen molar-refractivity contribution in [1.29, 1.82) is 0 Å². The summed E-state index contributed by atoms with van der Waals surface area (Å²) in [6, 6.07) is 27.9. The lowest BCUT2D eigenvalue weighted by molar-refractivity contribution is -0.130. The van der Waals surface area contributed by atoms with E-state index >= 15 is 0 Å². The molecule has 1 atom stereocenters. The molecule has 3 heteroatoms. The third-order valence-electron chi connectivity index (χ3n) is 6.87. The van der Waals surface area contributed by atoms with Crippen LogP contribution in [-0.2, 0) is 16.1 Å². The van der Waals surface area contributed by atoms with Crippen LogP contribution in [0, 0.1) is 10.8 Å². The third kappa shape index (κ3) is 3.03. The van der Waals surface area contributed by atoms with Gasteiger partial charge in [0.2, 0.25) is 5.91 Å². The van der Waals surface area contributed by atoms with Crippen LogP contribution in [0.25, 0.3) is 11.1 Å². The zero-order valence-electron chi connectivity index (χ0n) is 18.8. The van der Waals surface area contributed by atoms with Gasteiger partial charge in [0.1, 0.15) is 0 Å². The van der Waals surface area contributed by atoms with Crippen LogP contribution in [0.4, 0.5) is 5.69 Å². The lowest BCUT2D eigenvalue weighted by Gasteiger charge is -2.49. The molecular formula is C29H27NO2. The fraction of sp³-hybridized carbons (Fsp3) is 0.241. The van der Waals surface area contributed by atoms with Crippen molar-refractivity contribution in [2.24, 2.45) is 10.8 Å². The van der Waals surface area contributed by atoms with Gasteiger partial charge >= 0.3 is 0 Å². The third-order valence-corrected chi connectivity index (χ3v) is 6.87. The highest BCUT2D eigenvalue weighted by molar-refractivity contribution is 6.35. The number of benzene rings is 3. The highest BCUT2D eigenvalue weighted by Crippen LogP contribution is 2.58. The Labute approximate surface area is 189 Å². The quantitative estimate of drug-likeness (QED) is 0.509. The predicted molar refractivity (Wildman–Crippen MR) is 129 cm³/mol. The van der Waals surface area contributed by atoms with E-state index in [9.17, 15) is 9.59 Å². The molecule has 0 N–H and O–H groups in total. The second-order valence-electron chi connectivity index (χ2n) is 9.73. The van der Waals surface area contributed by atoms with Gasteiger partial charge in [-0.05, 0) is 36.1 Å². The molecule has 1 unspecified atom stereocenters. The standard InChI is InChI=1S/C29H27NO2/c1-28(2)19-29(3)25(24(26(28)31)21-14-8-5-9-15-21)22-16-10-11-17-23(22)30(27(29)32)18-20-12-6-4-7-13-20/h4-17H,18-19H2,1-3H3. The number of Topliss-reactive ketones (excluding diaryl/α,β-unsaturated/α-hetero) is 1. The van der Waals surface area contributed by atoms with Crippen molar-refractivity contribution in [3.05, 3.63) is 102 Å². The number of nitrogens with zero attached hydrogens (tertiary/aromatic N) is 1. The van der Waals surface area contributed by atoms with E-state index in [2.05, 4.69) is 6.07 Å². The Morgan fingerprint density at radius 3 is 2.06 bits per heavy atom. The van der Waals surface area contributed by atoms with Crippen molar-refractivity contribution in [3.63, 3.8) is 0 Å². The zero-order valence-corrected chi connectivity index (χ0v) is 18.8. The Morgan fingerprint density at radius 1 is 0.781 bits per heavy atom. The molecule has 32 heavy (non-hydrogen) atoms. The van der Waals surface area contributed by atoms with Gasteiger partial charge < -0.3 is 4.90 Å². The van der Waals surface area contributed by atoms with Crippen LogP contribution in [-0.4, -0.2) is 11.7 Å². The number of hydrogen-bond acceptors (Lipinski definition) is 2. The highest BCUT2D eigenvalue weighted by atomic mass is 16.2. The van der Waals surface area contributed by atoms with E-state index in [-0.39, 0.29) is 11.7 Å². The number of carbonyl (C=O) groups is 2. The maximum Gasteiger partial charge on any atom is 0.237 e. The Hall–Kier alpha value is -3.46.